The number of para-hydroxylation sites is 2. The Kier molecular flexibility index (Phi) is 4.83. The molecule has 27 heavy (non-hydrogen) atoms. The fourth-order valence-corrected chi connectivity index (χ4v) is 3.51. The second-order valence-electron chi connectivity index (χ2n) is 6.75. The molecule has 136 valence electrons. The first kappa shape index (κ1) is 17.2. The summed E-state index contributed by atoms with van der Waals surface area (Å²) in [6.07, 6.45) is 6.89. The molecule has 2 amide bonds. The molecule has 2 aromatic carbocycles. The van der Waals surface area contributed by atoms with Crippen LogP contribution in [-0.4, -0.2) is 34.8 Å². The highest BCUT2D eigenvalue weighted by molar-refractivity contribution is 6.07. The van der Waals surface area contributed by atoms with E-state index in [1.807, 2.05) is 59.6 Å². The third-order valence-corrected chi connectivity index (χ3v) is 4.91. The molecule has 3 aromatic rings. The van der Waals surface area contributed by atoms with Gasteiger partial charge in [0.2, 0.25) is 0 Å². The van der Waals surface area contributed by atoms with Crippen LogP contribution in [-0.2, 0) is 4.79 Å². The highest BCUT2D eigenvalue weighted by atomic mass is 16.2. The van der Waals surface area contributed by atoms with Crippen LogP contribution in [0.4, 0.5) is 0 Å². The molecule has 0 radical (unpaired) electrons. The number of carbonyl (C=O) groups is 2. The summed E-state index contributed by atoms with van der Waals surface area (Å²) in [5, 5.41) is 2.74. The predicted octanol–water partition coefficient (Wildman–Crippen LogP) is 2.42. The van der Waals surface area contributed by atoms with Crippen molar-refractivity contribution in [2.45, 2.75) is 19.3 Å². The minimum Gasteiger partial charge on any atom is -0.360 e. The van der Waals surface area contributed by atoms with Crippen LogP contribution in [0.3, 0.4) is 0 Å². The van der Waals surface area contributed by atoms with E-state index in [-0.39, 0.29) is 11.8 Å². The number of nitrogens with zero attached hydrogens (tertiary/aromatic N) is 2. The van der Waals surface area contributed by atoms with Crippen LogP contribution in [0.1, 0.15) is 29.6 Å². The van der Waals surface area contributed by atoms with E-state index in [1.165, 1.54) is 12.5 Å². The normalized spacial score (nSPS) is 15.4. The second kappa shape index (κ2) is 7.58. The number of amides is 2. The molecule has 2 aliphatic rings. The largest absolute Gasteiger partial charge is 0.360 e. The Bertz CT molecular complexity index is 1070. The number of aromatic nitrogens is 1. The monoisotopic (exact) mass is 359 g/mol. The van der Waals surface area contributed by atoms with E-state index in [0.29, 0.717) is 0 Å². The molecule has 1 saturated heterocycles. The van der Waals surface area contributed by atoms with Gasteiger partial charge in [0.1, 0.15) is 0 Å². The van der Waals surface area contributed by atoms with Gasteiger partial charge in [0, 0.05) is 41.5 Å². The van der Waals surface area contributed by atoms with Gasteiger partial charge in [-0.05, 0) is 31.4 Å². The lowest BCUT2D eigenvalue weighted by molar-refractivity contribution is -0.112. The summed E-state index contributed by atoms with van der Waals surface area (Å²) in [4.78, 5) is 31.9. The maximum Gasteiger partial charge on any atom is 0.270 e. The van der Waals surface area contributed by atoms with Crippen LogP contribution in [0.25, 0.3) is 17.0 Å². The number of carbonyl (C=O) groups excluding carboxylic acids is 2. The molecule has 5 nitrogen and oxygen atoms in total. The summed E-state index contributed by atoms with van der Waals surface area (Å²) in [6, 6.07) is 15.4. The molecule has 1 fully saturated rings. The zero-order chi connectivity index (χ0) is 18.6. The van der Waals surface area contributed by atoms with E-state index in [2.05, 4.69) is 9.98 Å². The number of rotatable bonds is 1. The minimum atomic E-state index is -0.152. The zero-order valence-electron chi connectivity index (χ0n) is 15.0. The average Bonchev–Trinajstić information content (AvgIpc) is 3.31. The van der Waals surface area contributed by atoms with Crippen LogP contribution in [0.2, 0.25) is 0 Å². The van der Waals surface area contributed by atoms with E-state index in [1.54, 1.807) is 0 Å². The number of benzene rings is 2. The van der Waals surface area contributed by atoms with E-state index < -0.39 is 0 Å². The Hall–Kier alpha value is -3.21. The molecule has 0 spiro atoms. The Morgan fingerprint density at radius 3 is 2.52 bits per heavy atom. The van der Waals surface area contributed by atoms with Gasteiger partial charge in [0.15, 0.2) is 0 Å². The standard InChI is InChI=1S/C14H16N2O.C8H5NO/c17-14(16-8-4-1-5-9-16)12-10-15-13-7-3-2-6-11(12)13;10-8-5-6-3-1-2-4-7(6)9-8/h2-3,6-7,10,15H,1,4-5,8-9H2;1-5H. The van der Waals surface area contributed by atoms with Crippen molar-refractivity contribution in [2.24, 2.45) is 4.99 Å². The average molecular weight is 359 g/mol. The summed E-state index contributed by atoms with van der Waals surface area (Å²) in [5.41, 5.74) is 1.84. The van der Waals surface area contributed by atoms with Gasteiger partial charge in [-0.3, -0.25) is 9.59 Å². The van der Waals surface area contributed by atoms with E-state index >= 15 is 0 Å². The predicted molar refractivity (Wildman–Crippen MR) is 105 cm³/mol. The van der Waals surface area contributed by atoms with Crippen LogP contribution in [0.5, 0.6) is 0 Å². The van der Waals surface area contributed by atoms with Crippen LogP contribution in [0.15, 0.2) is 59.7 Å². The third kappa shape index (κ3) is 3.67. The first-order valence-electron chi connectivity index (χ1n) is 9.27. The summed E-state index contributed by atoms with van der Waals surface area (Å²) < 4.78 is 0. The molecule has 2 aliphatic heterocycles. The van der Waals surface area contributed by atoms with E-state index in [9.17, 15) is 9.59 Å². The molecule has 0 unspecified atom stereocenters. The molecular weight excluding hydrogens is 338 g/mol. The van der Waals surface area contributed by atoms with Gasteiger partial charge in [-0.25, -0.2) is 4.99 Å². The van der Waals surface area contributed by atoms with Crippen LogP contribution < -0.4 is 10.6 Å². The molecule has 5 heteroatoms. The number of H-pyrrole nitrogens is 1. The second-order valence-corrected chi connectivity index (χ2v) is 6.75. The number of hydrogen-bond acceptors (Lipinski definition) is 2. The molecule has 5 rings (SSSR count). The smallest absolute Gasteiger partial charge is 0.270 e. The number of piperidine rings is 1. The van der Waals surface area contributed by atoms with Crippen molar-refractivity contribution in [2.75, 3.05) is 13.1 Å². The first-order valence-corrected chi connectivity index (χ1v) is 9.27. The molecule has 0 atom stereocenters. The maximum atomic E-state index is 12.4. The lowest BCUT2D eigenvalue weighted by atomic mass is 10.1. The number of fused-ring (bicyclic) bond motifs is 2. The molecule has 0 aliphatic carbocycles. The van der Waals surface area contributed by atoms with Gasteiger partial charge >= 0.3 is 0 Å². The van der Waals surface area contributed by atoms with E-state index in [0.717, 1.165) is 53.0 Å². The van der Waals surface area contributed by atoms with Gasteiger partial charge in [0.25, 0.3) is 11.8 Å². The van der Waals surface area contributed by atoms with Crippen molar-refractivity contribution in [3.8, 4) is 0 Å². The van der Waals surface area contributed by atoms with Crippen LogP contribution in [0, 0.1) is 0 Å². The topological polar surface area (TPSA) is 65.5 Å². The summed E-state index contributed by atoms with van der Waals surface area (Å²) in [6.45, 7) is 1.80. The molecule has 3 heterocycles. The molecule has 0 saturated carbocycles. The van der Waals surface area contributed by atoms with Crippen molar-refractivity contribution in [3.63, 3.8) is 0 Å². The molecule has 1 N–H and O–H groups in total. The van der Waals surface area contributed by atoms with Gasteiger partial charge in [0.05, 0.1) is 10.9 Å². The number of aromatic amines is 1. The SMILES string of the molecule is O=C(c1c[nH]c2ccccc12)N1CCCCC1.O=C1C=c2ccccc2=N1. The van der Waals surface area contributed by atoms with Crippen molar-refractivity contribution in [1.29, 1.82) is 0 Å². The first-order chi connectivity index (χ1) is 13.2. The van der Waals surface area contributed by atoms with Gasteiger partial charge in [-0.1, -0.05) is 36.4 Å². The highest BCUT2D eigenvalue weighted by Crippen LogP contribution is 2.21. The Morgan fingerprint density at radius 1 is 0.963 bits per heavy atom. The molecular formula is C22H21N3O2. The number of nitrogens with one attached hydrogen (secondary N) is 1. The molecule has 1 aromatic heterocycles. The highest BCUT2D eigenvalue weighted by Gasteiger charge is 2.20. The maximum absolute atomic E-state index is 12.4. The Labute approximate surface area is 157 Å². The summed E-state index contributed by atoms with van der Waals surface area (Å²) >= 11 is 0. The quantitative estimate of drug-likeness (QED) is 0.725. The van der Waals surface area contributed by atoms with Crippen LogP contribution >= 0.6 is 0 Å². The lowest BCUT2D eigenvalue weighted by Crippen LogP contribution is -2.35. The number of hydrogen-bond donors (Lipinski definition) is 1. The Morgan fingerprint density at radius 2 is 1.70 bits per heavy atom. The van der Waals surface area contributed by atoms with Gasteiger partial charge < -0.3 is 9.88 Å². The van der Waals surface area contributed by atoms with Gasteiger partial charge in [-0.15, -0.1) is 0 Å². The summed E-state index contributed by atoms with van der Waals surface area (Å²) in [5.74, 6) is 0.0170. The van der Waals surface area contributed by atoms with Crippen molar-refractivity contribution >= 4 is 28.8 Å². The zero-order valence-corrected chi connectivity index (χ0v) is 15.0. The Balaban J connectivity index is 0.000000153. The molecule has 0 bridgehead atoms. The fourth-order valence-electron chi connectivity index (χ4n) is 3.51. The van der Waals surface area contributed by atoms with Crippen molar-refractivity contribution in [1.82, 2.24) is 9.88 Å². The lowest BCUT2D eigenvalue weighted by Gasteiger charge is -2.26. The van der Waals surface area contributed by atoms with Crippen molar-refractivity contribution < 1.29 is 9.59 Å². The van der Waals surface area contributed by atoms with E-state index in [4.69, 9.17) is 0 Å². The fraction of sp³-hybridized carbons (Fsp3) is 0.227. The summed E-state index contributed by atoms with van der Waals surface area (Å²) in [7, 11) is 0. The number of likely N-dealkylation sites (tertiary alicyclic amines) is 1. The minimum absolute atomic E-state index is 0.152. The van der Waals surface area contributed by atoms with Crippen molar-refractivity contribution in [3.05, 3.63) is 70.9 Å². The third-order valence-electron chi connectivity index (χ3n) is 4.91. The van der Waals surface area contributed by atoms with Gasteiger partial charge in [-0.2, -0.15) is 0 Å².